The van der Waals surface area contributed by atoms with E-state index < -0.39 is 0 Å². The van der Waals surface area contributed by atoms with E-state index in [2.05, 4.69) is 13.2 Å². The molecule has 0 aliphatic carbocycles. The Hall–Kier alpha value is -0.860. The van der Waals surface area contributed by atoms with Crippen molar-refractivity contribution in [1.29, 1.82) is 0 Å². The first kappa shape index (κ1) is 13.1. The molecule has 0 aliphatic rings. The minimum atomic E-state index is -0.298. The Labute approximate surface area is 86.9 Å². The summed E-state index contributed by atoms with van der Waals surface area (Å²) in [6.45, 7) is 14.3. The van der Waals surface area contributed by atoms with E-state index in [9.17, 15) is 0 Å². The first-order chi connectivity index (χ1) is 6.56. The minimum Gasteiger partial charge on any atom is -0.345 e. The molecule has 0 rings (SSSR count). The van der Waals surface area contributed by atoms with E-state index in [1.807, 2.05) is 32.9 Å². The number of hydrogen-bond acceptors (Lipinski definition) is 2. The second-order valence-electron chi connectivity index (χ2n) is 3.43. The molecule has 0 N–H and O–H groups in total. The van der Waals surface area contributed by atoms with E-state index in [1.54, 1.807) is 0 Å². The molecule has 0 heterocycles. The quantitative estimate of drug-likeness (QED) is 0.460. The fourth-order valence-corrected chi connectivity index (χ4v) is 0.765. The van der Waals surface area contributed by atoms with Gasteiger partial charge in [-0.05, 0) is 26.8 Å². The highest BCUT2D eigenvalue weighted by molar-refractivity contribution is 4.91. The Morgan fingerprint density at radius 1 is 1.14 bits per heavy atom. The Balaban J connectivity index is 3.89. The number of ether oxygens (including phenoxy) is 2. The lowest BCUT2D eigenvalue weighted by molar-refractivity contribution is -0.0972. The third-order valence-corrected chi connectivity index (χ3v) is 1.34. The fourth-order valence-electron chi connectivity index (χ4n) is 0.765. The van der Waals surface area contributed by atoms with Crippen LogP contribution in [-0.2, 0) is 9.47 Å². The minimum absolute atomic E-state index is 0.298. The molecule has 0 aliphatic heterocycles. The topological polar surface area (TPSA) is 18.5 Å². The van der Waals surface area contributed by atoms with E-state index in [4.69, 9.17) is 9.47 Å². The summed E-state index contributed by atoms with van der Waals surface area (Å²) in [6.07, 6.45) is 3.47. The maximum absolute atomic E-state index is 5.44. The van der Waals surface area contributed by atoms with Gasteiger partial charge in [-0.15, -0.1) is 0 Å². The van der Waals surface area contributed by atoms with Crippen molar-refractivity contribution in [1.82, 2.24) is 0 Å². The van der Waals surface area contributed by atoms with Crippen molar-refractivity contribution in [2.24, 2.45) is 0 Å². The summed E-state index contributed by atoms with van der Waals surface area (Å²) in [4.78, 5) is 0. The van der Waals surface area contributed by atoms with Gasteiger partial charge in [0.25, 0.3) is 0 Å². The van der Waals surface area contributed by atoms with Crippen molar-refractivity contribution >= 4 is 0 Å². The Bertz CT molecular complexity index is 198. The Kier molecular flexibility index (Phi) is 7.07. The summed E-state index contributed by atoms with van der Waals surface area (Å²) in [5.74, 6) is 0. The first-order valence-electron chi connectivity index (χ1n) is 4.71. The summed E-state index contributed by atoms with van der Waals surface area (Å²) in [5.41, 5.74) is 1.97. The number of hydrogen-bond donors (Lipinski definition) is 0. The predicted octanol–water partition coefficient (Wildman–Crippen LogP) is 3.07. The van der Waals surface area contributed by atoms with Crippen molar-refractivity contribution in [3.05, 3.63) is 36.5 Å². The lowest BCUT2D eigenvalue weighted by Gasteiger charge is -2.15. The van der Waals surface area contributed by atoms with Crippen molar-refractivity contribution in [3.8, 4) is 0 Å². The summed E-state index contributed by atoms with van der Waals surface area (Å²) in [7, 11) is 0. The van der Waals surface area contributed by atoms with Crippen LogP contribution in [0.1, 0.15) is 20.8 Å². The molecule has 80 valence electrons. The zero-order valence-electron chi connectivity index (χ0n) is 9.38. The van der Waals surface area contributed by atoms with Crippen LogP contribution >= 0.6 is 0 Å². The zero-order chi connectivity index (χ0) is 11.0. The number of rotatable bonds is 7. The summed E-state index contributed by atoms with van der Waals surface area (Å²) < 4.78 is 10.9. The van der Waals surface area contributed by atoms with Gasteiger partial charge in [-0.3, -0.25) is 0 Å². The smallest absolute Gasteiger partial charge is 0.177 e. The van der Waals surface area contributed by atoms with E-state index in [0.717, 1.165) is 11.1 Å². The van der Waals surface area contributed by atoms with Gasteiger partial charge in [0, 0.05) is 0 Å². The predicted molar refractivity (Wildman–Crippen MR) is 60.1 cm³/mol. The molecule has 0 aromatic heterocycles. The van der Waals surface area contributed by atoms with Crippen LogP contribution in [0.3, 0.4) is 0 Å². The standard InChI is InChI=1S/C12H20O2/c1-6-7-12(13-8-10(2)3)14-9-11(4)5/h6-7,12H,2,4,8-9H2,1,3,5H3. The molecule has 0 fully saturated rings. The molecular weight excluding hydrogens is 176 g/mol. The molecule has 0 spiro atoms. The van der Waals surface area contributed by atoms with Crippen molar-refractivity contribution in [2.45, 2.75) is 27.1 Å². The van der Waals surface area contributed by atoms with Gasteiger partial charge in [0.1, 0.15) is 0 Å². The van der Waals surface area contributed by atoms with Crippen LogP contribution in [0.25, 0.3) is 0 Å². The van der Waals surface area contributed by atoms with Gasteiger partial charge in [0.15, 0.2) is 6.29 Å². The molecule has 0 aromatic rings. The molecular formula is C12H20O2. The largest absolute Gasteiger partial charge is 0.345 e. The monoisotopic (exact) mass is 196 g/mol. The molecule has 0 unspecified atom stereocenters. The zero-order valence-corrected chi connectivity index (χ0v) is 9.38. The third-order valence-electron chi connectivity index (χ3n) is 1.34. The van der Waals surface area contributed by atoms with E-state index >= 15 is 0 Å². The molecule has 0 saturated heterocycles. The third kappa shape index (κ3) is 7.77. The first-order valence-corrected chi connectivity index (χ1v) is 4.71. The lowest BCUT2D eigenvalue weighted by Crippen LogP contribution is -2.16. The number of allylic oxidation sites excluding steroid dienone is 1. The van der Waals surface area contributed by atoms with Gasteiger partial charge >= 0.3 is 0 Å². The highest BCUT2D eigenvalue weighted by Crippen LogP contribution is 2.02. The summed E-state index contributed by atoms with van der Waals surface area (Å²) in [6, 6.07) is 0. The van der Waals surface area contributed by atoms with Gasteiger partial charge in [-0.2, -0.15) is 0 Å². The van der Waals surface area contributed by atoms with Crippen LogP contribution in [0, 0.1) is 0 Å². The van der Waals surface area contributed by atoms with Crippen LogP contribution < -0.4 is 0 Å². The van der Waals surface area contributed by atoms with Gasteiger partial charge in [-0.1, -0.05) is 30.4 Å². The van der Waals surface area contributed by atoms with Crippen LogP contribution in [0.4, 0.5) is 0 Å². The van der Waals surface area contributed by atoms with Crippen molar-refractivity contribution in [3.63, 3.8) is 0 Å². The Morgan fingerprint density at radius 2 is 1.57 bits per heavy atom. The lowest BCUT2D eigenvalue weighted by atomic mass is 10.4. The molecule has 0 saturated carbocycles. The van der Waals surface area contributed by atoms with E-state index in [0.29, 0.717) is 13.2 Å². The summed E-state index contributed by atoms with van der Waals surface area (Å²) in [5, 5.41) is 0. The van der Waals surface area contributed by atoms with Gasteiger partial charge in [0.05, 0.1) is 13.2 Å². The van der Waals surface area contributed by atoms with Crippen molar-refractivity contribution < 1.29 is 9.47 Å². The summed E-state index contributed by atoms with van der Waals surface area (Å²) >= 11 is 0. The van der Waals surface area contributed by atoms with E-state index in [1.165, 1.54) is 0 Å². The van der Waals surface area contributed by atoms with E-state index in [-0.39, 0.29) is 6.29 Å². The average Bonchev–Trinajstić information content (AvgIpc) is 2.09. The fraction of sp³-hybridized carbons (Fsp3) is 0.500. The molecule has 0 bridgehead atoms. The molecule has 0 amide bonds. The highest BCUT2D eigenvalue weighted by atomic mass is 16.7. The molecule has 0 radical (unpaired) electrons. The SMILES string of the molecule is C=C(C)COC(C=CC)OCC(=C)C. The molecule has 2 nitrogen and oxygen atoms in total. The normalized spacial score (nSPS) is 11.1. The molecule has 0 aromatic carbocycles. The van der Waals surface area contributed by atoms with Crippen LogP contribution in [-0.4, -0.2) is 19.5 Å². The van der Waals surface area contributed by atoms with Crippen LogP contribution in [0.2, 0.25) is 0 Å². The van der Waals surface area contributed by atoms with Gasteiger partial charge < -0.3 is 9.47 Å². The average molecular weight is 196 g/mol. The maximum atomic E-state index is 5.44. The van der Waals surface area contributed by atoms with Crippen LogP contribution in [0.15, 0.2) is 36.5 Å². The molecule has 0 atom stereocenters. The second-order valence-corrected chi connectivity index (χ2v) is 3.43. The van der Waals surface area contributed by atoms with Crippen LogP contribution in [0.5, 0.6) is 0 Å². The molecule has 14 heavy (non-hydrogen) atoms. The van der Waals surface area contributed by atoms with Gasteiger partial charge in [0.2, 0.25) is 0 Å². The van der Waals surface area contributed by atoms with Gasteiger partial charge in [-0.25, -0.2) is 0 Å². The molecule has 2 heteroatoms. The Morgan fingerprint density at radius 3 is 1.86 bits per heavy atom. The second kappa shape index (κ2) is 7.54. The van der Waals surface area contributed by atoms with Crippen molar-refractivity contribution in [2.75, 3.05) is 13.2 Å². The maximum Gasteiger partial charge on any atom is 0.177 e. The highest BCUT2D eigenvalue weighted by Gasteiger charge is 2.04.